The third kappa shape index (κ3) is 3.49. The zero-order valence-electron chi connectivity index (χ0n) is 14.2. The van der Waals surface area contributed by atoms with Gasteiger partial charge in [-0.2, -0.15) is 0 Å². The molecule has 0 aliphatic heterocycles. The van der Waals surface area contributed by atoms with Gasteiger partial charge < -0.3 is 4.43 Å². The summed E-state index contributed by atoms with van der Waals surface area (Å²) in [5, 5.41) is 13.4. The van der Waals surface area contributed by atoms with Crippen molar-refractivity contribution in [2.45, 2.75) is 6.61 Å². The van der Waals surface area contributed by atoms with Crippen LogP contribution in [0.4, 0.5) is 5.69 Å². The van der Waals surface area contributed by atoms with Crippen molar-refractivity contribution in [3.8, 4) is 0 Å². The van der Waals surface area contributed by atoms with Crippen LogP contribution in [0.5, 0.6) is 0 Å². The smallest absolute Gasteiger partial charge is 0.280 e. The van der Waals surface area contributed by atoms with E-state index in [1.807, 2.05) is 66.4 Å². The molecule has 0 atom stereocenters. The summed E-state index contributed by atoms with van der Waals surface area (Å²) in [6.07, 6.45) is 0. The number of hydrogen-bond donors (Lipinski definition) is 0. The molecular weight excluding hydrogens is 342 g/mol. The van der Waals surface area contributed by atoms with Crippen LogP contribution in [0.3, 0.4) is 0 Å². The molecule has 0 aliphatic rings. The number of benzene rings is 3. The average molecular weight is 361 g/mol. The maximum Gasteiger partial charge on any atom is 0.280 e. The predicted molar refractivity (Wildman–Crippen MR) is 106 cm³/mol. The molecule has 26 heavy (non-hydrogen) atoms. The SMILES string of the molecule is C=C[Si](OCc1ccccc1[N+](=O)[O-])(c1ccccc1)c1ccccc1. The molecule has 4 nitrogen and oxygen atoms in total. The fraction of sp³-hybridized carbons (Fsp3) is 0.0476. The standard InChI is InChI=1S/C21H19NO3Si/c1-2-26(19-12-5-3-6-13-19,20-14-7-4-8-15-20)25-17-18-11-9-10-16-21(18)22(23)24/h2-16H,1,17H2. The molecule has 0 aromatic heterocycles. The maximum absolute atomic E-state index is 11.3. The quantitative estimate of drug-likeness (QED) is 0.367. The number of rotatable bonds is 7. The zero-order valence-corrected chi connectivity index (χ0v) is 15.2. The van der Waals surface area contributed by atoms with Gasteiger partial charge in [-0.1, -0.05) is 78.5 Å². The third-order valence-corrected chi connectivity index (χ3v) is 7.89. The van der Waals surface area contributed by atoms with Crippen LogP contribution in [-0.2, 0) is 11.0 Å². The lowest BCUT2D eigenvalue weighted by Crippen LogP contribution is -2.59. The fourth-order valence-electron chi connectivity index (χ4n) is 3.00. The Morgan fingerprint density at radius 1 is 0.885 bits per heavy atom. The summed E-state index contributed by atoms with van der Waals surface area (Å²) in [6, 6.07) is 26.6. The minimum Gasteiger partial charge on any atom is -0.400 e. The van der Waals surface area contributed by atoms with E-state index in [0.29, 0.717) is 5.56 Å². The van der Waals surface area contributed by atoms with Crippen molar-refractivity contribution in [1.29, 1.82) is 0 Å². The van der Waals surface area contributed by atoms with Crippen LogP contribution < -0.4 is 10.4 Å². The van der Waals surface area contributed by atoms with E-state index in [0.717, 1.165) is 10.4 Å². The Balaban J connectivity index is 2.03. The molecule has 3 rings (SSSR count). The van der Waals surface area contributed by atoms with E-state index >= 15 is 0 Å². The molecule has 5 heteroatoms. The van der Waals surface area contributed by atoms with Crippen LogP contribution in [0.1, 0.15) is 5.56 Å². The molecule has 0 radical (unpaired) electrons. The summed E-state index contributed by atoms with van der Waals surface area (Å²) in [4.78, 5) is 10.9. The largest absolute Gasteiger partial charge is 0.400 e. The summed E-state index contributed by atoms with van der Waals surface area (Å²) in [5.74, 6) is 0. The zero-order chi connectivity index (χ0) is 18.4. The molecule has 0 fully saturated rings. The Morgan fingerprint density at radius 2 is 1.38 bits per heavy atom. The lowest BCUT2D eigenvalue weighted by molar-refractivity contribution is -0.385. The van der Waals surface area contributed by atoms with Gasteiger partial charge in [-0.15, -0.1) is 6.58 Å². The van der Waals surface area contributed by atoms with Gasteiger partial charge in [-0.05, 0) is 16.4 Å². The maximum atomic E-state index is 11.3. The first kappa shape index (κ1) is 17.8. The van der Waals surface area contributed by atoms with Crippen LogP contribution in [0.15, 0.2) is 97.2 Å². The van der Waals surface area contributed by atoms with Gasteiger partial charge in [0.05, 0.1) is 17.1 Å². The van der Waals surface area contributed by atoms with Crippen molar-refractivity contribution in [1.82, 2.24) is 0 Å². The van der Waals surface area contributed by atoms with Gasteiger partial charge in [-0.25, -0.2) is 0 Å². The van der Waals surface area contributed by atoms with Gasteiger partial charge in [0, 0.05) is 6.07 Å². The highest BCUT2D eigenvalue weighted by Gasteiger charge is 2.37. The second kappa shape index (κ2) is 7.90. The van der Waals surface area contributed by atoms with Crippen LogP contribution in [-0.4, -0.2) is 13.2 Å². The summed E-state index contributed by atoms with van der Waals surface area (Å²) in [7, 11) is -2.72. The minimum absolute atomic E-state index is 0.0700. The molecular formula is C21H19NO3Si. The highest BCUT2D eigenvalue weighted by atomic mass is 28.4. The molecule has 0 saturated heterocycles. The molecule has 130 valence electrons. The summed E-state index contributed by atoms with van der Waals surface area (Å²) < 4.78 is 6.44. The lowest BCUT2D eigenvalue weighted by atomic mass is 10.2. The number of nitro groups is 1. The van der Waals surface area contributed by atoms with Gasteiger partial charge in [-0.3, -0.25) is 10.1 Å². The Labute approximate surface area is 153 Å². The van der Waals surface area contributed by atoms with Crippen molar-refractivity contribution in [3.05, 3.63) is 113 Å². The molecule has 0 amide bonds. The van der Waals surface area contributed by atoms with Crippen LogP contribution in [0, 0.1) is 10.1 Å². The van der Waals surface area contributed by atoms with Gasteiger partial charge >= 0.3 is 0 Å². The molecule has 0 unspecified atom stereocenters. The Hall–Kier alpha value is -3.02. The Kier molecular flexibility index (Phi) is 5.41. The molecule has 0 aliphatic carbocycles. The first-order valence-corrected chi connectivity index (χ1v) is 10.3. The Bertz CT molecular complexity index is 858. The minimum atomic E-state index is -2.72. The van der Waals surface area contributed by atoms with Crippen molar-refractivity contribution >= 4 is 24.4 Å². The number of nitrogens with zero attached hydrogens (tertiary/aromatic N) is 1. The van der Waals surface area contributed by atoms with Crippen LogP contribution in [0.2, 0.25) is 0 Å². The lowest BCUT2D eigenvalue weighted by Gasteiger charge is -2.29. The van der Waals surface area contributed by atoms with Gasteiger partial charge in [0.15, 0.2) is 0 Å². The molecule has 3 aromatic rings. The molecule has 0 heterocycles. The van der Waals surface area contributed by atoms with Crippen molar-refractivity contribution in [3.63, 3.8) is 0 Å². The van der Waals surface area contributed by atoms with Gasteiger partial charge in [0.25, 0.3) is 14.0 Å². The van der Waals surface area contributed by atoms with Crippen LogP contribution in [0.25, 0.3) is 0 Å². The van der Waals surface area contributed by atoms with E-state index in [2.05, 4.69) is 6.58 Å². The second-order valence-corrected chi connectivity index (χ2v) is 9.17. The molecule has 0 spiro atoms. The number of nitro benzene ring substituents is 1. The summed E-state index contributed by atoms with van der Waals surface area (Å²) in [6.45, 7) is 4.21. The molecule has 0 N–H and O–H groups in total. The molecule has 3 aromatic carbocycles. The monoisotopic (exact) mass is 361 g/mol. The Morgan fingerprint density at radius 3 is 1.88 bits per heavy atom. The van der Waals surface area contributed by atoms with Crippen molar-refractivity contribution in [2.24, 2.45) is 0 Å². The van der Waals surface area contributed by atoms with E-state index in [9.17, 15) is 10.1 Å². The fourth-order valence-corrected chi connectivity index (χ4v) is 6.02. The van der Waals surface area contributed by atoms with Gasteiger partial charge in [0.2, 0.25) is 0 Å². The molecule has 0 bridgehead atoms. The van der Waals surface area contributed by atoms with Crippen molar-refractivity contribution < 1.29 is 9.35 Å². The highest BCUT2D eigenvalue weighted by Crippen LogP contribution is 2.21. The highest BCUT2D eigenvalue weighted by molar-refractivity contribution is 7.01. The van der Waals surface area contributed by atoms with E-state index in [-0.39, 0.29) is 17.2 Å². The average Bonchev–Trinajstić information content (AvgIpc) is 2.70. The normalized spacial score (nSPS) is 11.1. The summed E-state index contributed by atoms with van der Waals surface area (Å²) >= 11 is 0. The number of para-hydroxylation sites is 1. The van der Waals surface area contributed by atoms with Crippen LogP contribution >= 0.6 is 0 Å². The predicted octanol–water partition coefficient (Wildman–Crippen LogP) is 3.60. The first-order chi connectivity index (χ1) is 12.7. The second-order valence-electron chi connectivity index (χ2n) is 5.85. The summed E-state index contributed by atoms with van der Waals surface area (Å²) in [5.41, 5.74) is 2.51. The van der Waals surface area contributed by atoms with E-state index < -0.39 is 8.32 Å². The van der Waals surface area contributed by atoms with E-state index in [4.69, 9.17) is 4.43 Å². The third-order valence-electron chi connectivity index (χ3n) is 4.34. The number of hydrogen-bond acceptors (Lipinski definition) is 3. The van der Waals surface area contributed by atoms with E-state index in [1.54, 1.807) is 18.2 Å². The topological polar surface area (TPSA) is 52.4 Å². The van der Waals surface area contributed by atoms with E-state index in [1.165, 1.54) is 6.07 Å². The van der Waals surface area contributed by atoms with Crippen molar-refractivity contribution in [2.75, 3.05) is 0 Å². The van der Waals surface area contributed by atoms with Gasteiger partial charge in [0.1, 0.15) is 0 Å². The first-order valence-electron chi connectivity index (χ1n) is 8.28. The molecule has 0 saturated carbocycles.